The van der Waals surface area contributed by atoms with Gasteiger partial charge in [-0.05, 0) is 61.7 Å². The van der Waals surface area contributed by atoms with E-state index in [0.717, 1.165) is 12.0 Å². The smallest absolute Gasteiger partial charge is 0.251 e. The molecule has 0 radical (unpaired) electrons. The summed E-state index contributed by atoms with van der Waals surface area (Å²) in [7, 11) is 0. The van der Waals surface area contributed by atoms with Crippen LogP contribution in [0.1, 0.15) is 39.9 Å². The maximum atomic E-state index is 14.8. The number of Topliss-reactive ketones (excluding diaryl/α,β-unsaturated/α-hetero) is 1. The van der Waals surface area contributed by atoms with Gasteiger partial charge < -0.3 is 15.4 Å². The molecule has 3 aromatic carbocycles. The quantitative estimate of drug-likeness (QED) is 0.334. The summed E-state index contributed by atoms with van der Waals surface area (Å²) in [6, 6.07) is 17.8. The first-order valence-corrected chi connectivity index (χ1v) is 13.9. The lowest BCUT2D eigenvalue weighted by Gasteiger charge is -2.43. The van der Waals surface area contributed by atoms with Gasteiger partial charge in [0.25, 0.3) is 5.91 Å². The molecule has 0 unspecified atom stereocenters. The number of carbonyl (C=O) groups is 3. The Bertz CT molecular complexity index is 1640. The second-order valence-electron chi connectivity index (χ2n) is 10.9. The molecular formula is C32H28ClN3O4. The van der Waals surface area contributed by atoms with Gasteiger partial charge in [-0.3, -0.25) is 19.3 Å². The zero-order valence-corrected chi connectivity index (χ0v) is 22.8. The molecule has 2 saturated heterocycles. The minimum atomic E-state index is -1.50. The summed E-state index contributed by atoms with van der Waals surface area (Å²) in [5.41, 5.74) is 0.862. The van der Waals surface area contributed by atoms with Crippen LogP contribution >= 0.6 is 11.6 Å². The van der Waals surface area contributed by atoms with Crippen molar-refractivity contribution in [1.29, 1.82) is 0 Å². The number of hydrogen-bond donors (Lipinski definition) is 2. The number of ketones is 1. The number of benzene rings is 3. The first-order chi connectivity index (χ1) is 19.4. The van der Waals surface area contributed by atoms with Crippen LogP contribution in [0.4, 0.5) is 11.4 Å². The molecule has 0 saturated carbocycles. The van der Waals surface area contributed by atoms with Crippen LogP contribution in [-0.2, 0) is 20.5 Å². The van der Waals surface area contributed by atoms with E-state index in [0.29, 0.717) is 58.4 Å². The molecule has 0 bridgehead atoms. The van der Waals surface area contributed by atoms with E-state index in [1.54, 1.807) is 36.4 Å². The van der Waals surface area contributed by atoms with E-state index < -0.39 is 16.9 Å². The topological polar surface area (TPSA) is 87.7 Å². The number of hydrogen-bond acceptors (Lipinski definition) is 5. The van der Waals surface area contributed by atoms with Crippen LogP contribution < -0.4 is 15.4 Å². The van der Waals surface area contributed by atoms with Crippen molar-refractivity contribution in [2.75, 3.05) is 23.8 Å². The van der Waals surface area contributed by atoms with Crippen LogP contribution in [0.2, 0.25) is 5.02 Å². The predicted octanol–water partition coefficient (Wildman–Crippen LogP) is 5.23. The summed E-state index contributed by atoms with van der Waals surface area (Å²) in [4.78, 5) is 46.0. The molecule has 2 N–H and O–H groups in total. The van der Waals surface area contributed by atoms with Gasteiger partial charge in [0.1, 0.15) is 23.3 Å². The summed E-state index contributed by atoms with van der Waals surface area (Å²) in [6.07, 6.45) is 3.15. The van der Waals surface area contributed by atoms with Gasteiger partial charge in [0, 0.05) is 27.9 Å². The van der Waals surface area contributed by atoms with Crippen LogP contribution in [0.15, 0.2) is 73.3 Å². The Labute approximate surface area is 237 Å². The SMILES string of the molecule is C=CCOc1cccc(C(=O)[C@@H]2[C@@H]3CCCN3[C@@]3(C(=O)Nc4c3ccc(Cl)c4C)[C@]23C(=O)Nc2ccccc23)c1. The molecule has 7 rings (SSSR count). The lowest BCUT2D eigenvalue weighted by atomic mass is 9.57. The molecule has 8 heteroatoms. The van der Waals surface area contributed by atoms with Gasteiger partial charge >= 0.3 is 0 Å². The van der Waals surface area contributed by atoms with Crippen molar-refractivity contribution in [1.82, 2.24) is 4.90 Å². The van der Waals surface area contributed by atoms with E-state index >= 15 is 0 Å². The monoisotopic (exact) mass is 553 g/mol. The highest BCUT2D eigenvalue weighted by Gasteiger charge is 2.81. The lowest BCUT2D eigenvalue weighted by Crippen LogP contribution is -2.62. The molecule has 4 heterocycles. The Kier molecular flexibility index (Phi) is 5.50. The summed E-state index contributed by atoms with van der Waals surface area (Å²) in [5, 5.41) is 6.69. The fraction of sp³-hybridized carbons (Fsp3) is 0.281. The first kappa shape index (κ1) is 25.1. The zero-order valence-electron chi connectivity index (χ0n) is 22.0. The van der Waals surface area contributed by atoms with E-state index in [1.165, 1.54) is 0 Å². The molecule has 0 aliphatic carbocycles. The predicted molar refractivity (Wildman–Crippen MR) is 153 cm³/mol. The van der Waals surface area contributed by atoms with Gasteiger partial charge in [-0.2, -0.15) is 0 Å². The lowest BCUT2D eigenvalue weighted by molar-refractivity contribution is -0.137. The number of nitrogens with zero attached hydrogens (tertiary/aromatic N) is 1. The third-order valence-electron chi connectivity index (χ3n) is 9.23. The number of halogens is 1. The van der Waals surface area contributed by atoms with Crippen LogP contribution in [0, 0.1) is 12.8 Å². The summed E-state index contributed by atoms with van der Waals surface area (Å²) in [5.74, 6) is -1.10. The van der Waals surface area contributed by atoms with Crippen LogP contribution in [0.3, 0.4) is 0 Å². The maximum absolute atomic E-state index is 14.8. The number of nitrogens with one attached hydrogen (secondary N) is 2. The molecule has 2 amide bonds. The van der Waals surface area contributed by atoms with Crippen molar-refractivity contribution in [3.63, 3.8) is 0 Å². The molecule has 2 fully saturated rings. The van der Waals surface area contributed by atoms with Crippen molar-refractivity contribution in [2.45, 2.75) is 36.8 Å². The minimum Gasteiger partial charge on any atom is -0.490 e. The third kappa shape index (κ3) is 2.91. The number of para-hydroxylation sites is 1. The van der Waals surface area contributed by atoms with Gasteiger partial charge in [0.05, 0.1) is 11.6 Å². The molecule has 40 heavy (non-hydrogen) atoms. The molecule has 202 valence electrons. The number of rotatable bonds is 5. The second-order valence-corrected chi connectivity index (χ2v) is 11.3. The Morgan fingerprint density at radius 3 is 2.75 bits per heavy atom. The number of anilines is 2. The van der Waals surface area contributed by atoms with Crippen molar-refractivity contribution < 1.29 is 19.1 Å². The standard InChI is InChI=1S/C32H28ClN3O4/c1-3-16-40-20-9-6-8-19(17-20)28(37)26-25-12-7-15-36(25)32(22-13-14-23(33)18(2)27(22)35-30(32)39)31(26)21-10-4-5-11-24(21)34-29(31)38/h3-6,8-11,13-14,17,25-26H,1,7,12,15-16H2,2H3,(H,34,38)(H,35,39)/t25-,26-,31-,32-/m0/s1. The molecule has 7 nitrogen and oxygen atoms in total. The van der Waals surface area contributed by atoms with E-state index in [-0.39, 0.29) is 23.6 Å². The van der Waals surface area contributed by atoms with E-state index in [2.05, 4.69) is 22.1 Å². The number of carbonyl (C=O) groups excluding carboxylic acids is 3. The van der Waals surface area contributed by atoms with Crippen LogP contribution in [0.5, 0.6) is 5.75 Å². The summed E-state index contributed by atoms with van der Waals surface area (Å²) in [6.45, 7) is 6.46. The van der Waals surface area contributed by atoms with Crippen LogP contribution in [0.25, 0.3) is 0 Å². The van der Waals surface area contributed by atoms with Gasteiger partial charge in [0.15, 0.2) is 5.78 Å². The Morgan fingerprint density at radius 1 is 1.10 bits per heavy atom. The zero-order chi connectivity index (χ0) is 27.8. The Morgan fingerprint density at radius 2 is 1.93 bits per heavy atom. The van der Waals surface area contributed by atoms with Crippen molar-refractivity contribution in [3.8, 4) is 5.75 Å². The Hall–Kier alpha value is -3.94. The van der Waals surface area contributed by atoms with Crippen molar-refractivity contribution in [2.24, 2.45) is 5.92 Å². The van der Waals surface area contributed by atoms with E-state index in [1.807, 2.05) is 37.3 Å². The van der Waals surface area contributed by atoms with Crippen LogP contribution in [-0.4, -0.2) is 41.7 Å². The fourth-order valence-electron chi connectivity index (χ4n) is 7.84. The molecule has 4 atom stereocenters. The molecule has 4 aliphatic rings. The van der Waals surface area contributed by atoms with Crippen molar-refractivity contribution in [3.05, 3.63) is 101 Å². The van der Waals surface area contributed by atoms with Gasteiger partial charge in [-0.25, -0.2) is 0 Å². The van der Waals surface area contributed by atoms with E-state index in [4.69, 9.17) is 16.3 Å². The van der Waals surface area contributed by atoms with Gasteiger partial charge in [-0.15, -0.1) is 0 Å². The maximum Gasteiger partial charge on any atom is 0.251 e. The van der Waals surface area contributed by atoms with Gasteiger partial charge in [0.2, 0.25) is 5.91 Å². The number of amides is 2. The number of fused-ring (bicyclic) bond motifs is 7. The average molecular weight is 554 g/mol. The highest BCUT2D eigenvalue weighted by Crippen LogP contribution is 2.68. The molecule has 0 aromatic heterocycles. The molecular weight excluding hydrogens is 526 g/mol. The summed E-state index contributed by atoms with van der Waals surface area (Å²) >= 11 is 6.50. The fourth-order valence-corrected chi connectivity index (χ4v) is 8.00. The largest absolute Gasteiger partial charge is 0.490 e. The normalized spacial score (nSPS) is 27.9. The average Bonchev–Trinajstić information content (AvgIpc) is 3.68. The van der Waals surface area contributed by atoms with E-state index in [9.17, 15) is 14.4 Å². The van der Waals surface area contributed by atoms with Crippen molar-refractivity contribution >= 4 is 40.6 Å². The molecule has 3 aromatic rings. The number of ether oxygens (including phenoxy) is 1. The highest BCUT2D eigenvalue weighted by atomic mass is 35.5. The second kappa shape index (κ2) is 8.78. The third-order valence-corrected chi connectivity index (χ3v) is 9.64. The van der Waals surface area contributed by atoms with Gasteiger partial charge in [-0.1, -0.05) is 60.7 Å². The summed E-state index contributed by atoms with van der Waals surface area (Å²) < 4.78 is 5.73. The molecule has 4 aliphatic heterocycles. The molecule has 2 spiro atoms. The Balaban J connectivity index is 1.53. The first-order valence-electron chi connectivity index (χ1n) is 13.5. The highest BCUT2D eigenvalue weighted by molar-refractivity contribution is 6.32. The minimum absolute atomic E-state index is 0.184.